The summed E-state index contributed by atoms with van der Waals surface area (Å²) in [6.45, 7) is 2.54. The summed E-state index contributed by atoms with van der Waals surface area (Å²) >= 11 is 0. The van der Waals surface area contributed by atoms with Crippen LogP contribution in [0.25, 0.3) is 0 Å². The Balaban J connectivity index is 2.28. The lowest BCUT2D eigenvalue weighted by atomic mass is 10.3. The van der Waals surface area contributed by atoms with Crippen molar-refractivity contribution >= 4 is 5.91 Å². The van der Waals surface area contributed by atoms with Crippen molar-refractivity contribution in [2.75, 3.05) is 45.9 Å². The summed E-state index contributed by atoms with van der Waals surface area (Å²) in [5.41, 5.74) is 0. The normalized spacial score (nSPS) is 18.5. The van der Waals surface area contributed by atoms with E-state index >= 15 is 0 Å². The largest absolute Gasteiger partial charge is 0.401 e. The van der Waals surface area contributed by atoms with Gasteiger partial charge in [0, 0.05) is 32.8 Å². The topological polar surface area (TPSA) is 32.8 Å². The van der Waals surface area contributed by atoms with Crippen LogP contribution in [0.1, 0.15) is 6.92 Å². The van der Waals surface area contributed by atoms with Gasteiger partial charge < -0.3 is 9.64 Å². The molecule has 0 aromatic carbocycles. The monoisotopic (exact) mass is 254 g/mol. The molecule has 0 radical (unpaired) electrons. The lowest BCUT2D eigenvalue weighted by molar-refractivity contribution is -0.152. The molecule has 0 aromatic rings. The first-order valence-electron chi connectivity index (χ1n) is 5.57. The van der Waals surface area contributed by atoms with E-state index in [9.17, 15) is 18.0 Å². The lowest BCUT2D eigenvalue weighted by Gasteiger charge is -2.34. The summed E-state index contributed by atoms with van der Waals surface area (Å²) < 4.78 is 41.3. The van der Waals surface area contributed by atoms with Crippen LogP contribution in [0.4, 0.5) is 13.2 Å². The third kappa shape index (κ3) is 5.36. The minimum atomic E-state index is -4.17. The summed E-state index contributed by atoms with van der Waals surface area (Å²) in [6.07, 6.45) is -4.17. The molecule has 1 heterocycles. The van der Waals surface area contributed by atoms with Crippen molar-refractivity contribution in [3.8, 4) is 0 Å². The molecule has 1 aliphatic heterocycles. The van der Waals surface area contributed by atoms with Gasteiger partial charge >= 0.3 is 6.18 Å². The average Bonchev–Trinajstić information content (AvgIpc) is 2.24. The molecular formula is C10H17F3N2O2. The number of carbonyl (C=O) groups is 1. The second-order valence-corrected chi connectivity index (χ2v) is 3.91. The Morgan fingerprint density at radius 3 is 2.29 bits per heavy atom. The minimum Gasteiger partial charge on any atom is -0.372 e. The Bertz CT molecular complexity index is 250. The number of halogens is 3. The molecule has 0 spiro atoms. The standard InChI is InChI=1S/C10H17F3N2O2/c1-2-17-7-9(16)15-5-3-14(4-6-15)8-10(11,12)13/h2-8H2,1H3. The molecule has 0 aromatic heterocycles. The van der Waals surface area contributed by atoms with Crippen molar-refractivity contribution in [1.29, 1.82) is 0 Å². The van der Waals surface area contributed by atoms with Crippen molar-refractivity contribution in [2.45, 2.75) is 13.1 Å². The second-order valence-electron chi connectivity index (χ2n) is 3.91. The van der Waals surface area contributed by atoms with E-state index in [0.717, 1.165) is 0 Å². The van der Waals surface area contributed by atoms with Gasteiger partial charge in [-0.3, -0.25) is 9.69 Å². The highest BCUT2D eigenvalue weighted by Crippen LogP contribution is 2.17. The number of ether oxygens (including phenoxy) is 1. The summed E-state index contributed by atoms with van der Waals surface area (Å²) in [5.74, 6) is -0.154. The summed E-state index contributed by atoms with van der Waals surface area (Å²) in [5, 5.41) is 0. The van der Waals surface area contributed by atoms with Gasteiger partial charge in [0.1, 0.15) is 6.61 Å². The van der Waals surface area contributed by atoms with Gasteiger partial charge in [-0.05, 0) is 6.92 Å². The van der Waals surface area contributed by atoms with E-state index in [4.69, 9.17) is 4.74 Å². The summed E-state index contributed by atoms with van der Waals surface area (Å²) in [6, 6.07) is 0. The number of alkyl halides is 3. The zero-order valence-corrected chi connectivity index (χ0v) is 9.79. The van der Waals surface area contributed by atoms with Crippen molar-refractivity contribution in [3.05, 3.63) is 0 Å². The maximum Gasteiger partial charge on any atom is 0.401 e. The number of piperazine rings is 1. The maximum atomic E-state index is 12.1. The molecule has 0 N–H and O–H groups in total. The van der Waals surface area contributed by atoms with E-state index in [-0.39, 0.29) is 25.6 Å². The predicted octanol–water partition coefficient (Wildman–Crippen LogP) is 0.729. The van der Waals surface area contributed by atoms with Gasteiger partial charge in [-0.15, -0.1) is 0 Å². The molecule has 1 fully saturated rings. The van der Waals surface area contributed by atoms with Crippen LogP contribution in [0, 0.1) is 0 Å². The Morgan fingerprint density at radius 2 is 1.82 bits per heavy atom. The Kier molecular flexibility index (Phi) is 5.20. The third-order valence-corrected chi connectivity index (χ3v) is 2.56. The Morgan fingerprint density at radius 1 is 1.24 bits per heavy atom. The molecule has 0 aliphatic carbocycles. The van der Waals surface area contributed by atoms with E-state index in [0.29, 0.717) is 19.7 Å². The highest BCUT2D eigenvalue weighted by molar-refractivity contribution is 5.77. The first-order valence-corrected chi connectivity index (χ1v) is 5.57. The second kappa shape index (κ2) is 6.20. The molecule has 1 rings (SSSR count). The minimum absolute atomic E-state index is 0.00969. The molecule has 100 valence electrons. The molecule has 1 amide bonds. The van der Waals surface area contributed by atoms with E-state index in [1.165, 1.54) is 4.90 Å². The molecule has 17 heavy (non-hydrogen) atoms. The highest BCUT2D eigenvalue weighted by atomic mass is 19.4. The van der Waals surface area contributed by atoms with Crippen LogP contribution in [-0.2, 0) is 9.53 Å². The van der Waals surface area contributed by atoms with Gasteiger partial charge in [0.25, 0.3) is 0 Å². The number of hydrogen-bond donors (Lipinski definition) is 0. The van der Waals surface area contributed by atoms with Crippen molar-refractivity contribution < 1.29 is 22.7 Å². The maximum absolute atomic E-state index is 12.1. The van der Waals surface area contributed by atoms with Crippen molar-refractivity contribution in [3.63, 3.8) is 0 Å². The van der Waals surface area contributed by atoms with Gasteiger partial charge in [-0.25, -0.2) is 0 Å². The van der Waals surface area contributed by atoms with E-state index in [1.54, 1.807) is 11.8 Å². The van der Waals surface area contributed by atoms with E-state index < -0.39 is 12.7 Å². The number of nitrogens with zero attached hydrogens (tertiary/aromatic N) is 2. The molecule has 0 bridgehead atoms. The Labute approximate surface area is 98.3 Å². The molecule has 0 unspecified atom stereocenters. The van der Waals surface area contributed by atoms with E-state index in [1.807, 2.05) is 0 Å². The van der Waals surface area contributed by atoms with Crippen LogP contribution in [0.2, 0.25) is 0 Å². The Hall–Kier alpha value is -0.820. The van der Waals surface area contributed by atoms with Crippen LogP contribution >= 0.6 is 0 Å². The predicted molar refractivity (Wildman–Crippen MR) is 55.6 cm³/mol. The molecule has 0 atom stereocenters. The number of rotatable bonds is 4. The van der Waals surface area contributed by atoms with E-state index in [2.05, 4.69) is 0 Å². The zero-order valence-electron chi connectivity index (χ0n) is 9.79. The fraction of sp³-hybridized carbons (Fsp3) is 0.900. The molecule has 0 saturated carbocycles. The molecule has 1 saturated heterocycles. The van der Waals surface area contributed by atoms with Gasteiger partial charge in [-0.2, -0.15) is 13.2 Å². The summed E-state index contributed by atoms with van der Waals surface area (Å²) in [7, 11) is 0. The molecule has 1 aliphatic rings. The first-order chi connectivity index (χ1) is 7.92. The number of hydrogen-bond acceptors (Lipinski definition) is 3. The van der Waals surface area contributed by atoms with Gasteiger partial charge in [0.2, 0.25) is 5.91 Å². The summed E-state index contributed by atoms with van der Waals surface area (Å²) in [4.78, 5) is 14.4. The number of carbonyl (C=O) groups excluding carboxylic acids is 1. The lowest BCUT2D eigenvalue weighted by Crippen LogP contribution is -2.51. The SMILES string of the molecule is CCOCC(=O)N1CCN(CC(F)(F)F)CC1. The van der Waals surface area contributed by atoms with Crippen LogP contribution < -0.4 is 0 Å². The molecule has 7 heteroatoms. The van der Waals surface area contributed by atoms with Gasteiger partial charge in [0.05, 0.1) is 6.54 Å². The molecular weight excluding hydrogens is 237 g/mol. The van der Waals surface area contributed by atoms with Crippen molar-refractivity contribution in [2.24, 2.45) is 0 Å². The van der Waals surface area contributed by atoms with Gasteiger partial charge in [0.15, 0.2) is 0 Å². The average molecular weight is 254 g/mol. The van der Waals surface area contributed by atoms with Gasteiger partial charge in [-0.1, -0.05) is 0 Å². The number of amides is 1. The smallest absolute Gasteiger partial charge is 0.372 e. The van der Waals surface area contributed by atoms with Crippen LogP contribution in [-0.4, -0.2) is 67.8 Å². The van der Waals surface area contributed by atoms with Crippen LogP contribution in [0.15, 0.2) is 0 Å². The fourth-order valence-electron chi connectivity index (χ4n) is 1.69. The first kappa shape index (κ1) is 14.2. The van der Waals surface area contributed by atoms with Crippen LogP contribution in [0.5, 0.6) is 0 Å². The molecule has 4 nitrogen and oxygen atoms in total. The van der Waals surface area contributed by atoms with Crippen molar-refractivity contribution in [1.82, 2.24) is 9.80 Å². The highest BCUT2D eigenvalue weighted by Gasteiger charge is 2.32. The third-order valence-electron chi connectivity index (χ3n) is 2.56. The fourth-order valence-corrected chi connectivity index (χ4v) is 1.69. The van der Waals surface area contributed by atoms with Crippen LogP contribution in [0.3, 0.4) is 0 Å². The quantitative estimate of drug-likeness (QED) is 0.741. The zero-order chi connectivity index (χ0) is 12.9.